The van der Waals surface area contributed by atoms with Crippen LogP contribution in [0, 0.1) is 12.7 Å². The number of hydrogen-bond donors (Lipinski definition) is 0. The Morgan fingerprint density at radius 1 is 1.21 bits per heavy atom. The van der Waals surface area contributed by atoms with Crippen LogP contribution >= 0.6 is 11.3 Å². The van der Waals surface area contributed by atoms with E-state index in [0.717, 1.165) is 19.6 Å². The molecule has 6 nitrogen and oxygen atoms in total. The van der Waals surface area contributed by atoms with E-state index in [1.807, 2.05) is 4.90 Å². The molecule has 0 radical (unpaired) electrons. The normalized spacial score (nSPS) is 14.9. The van der Waals surface area contributed by atoms with Crippen molar-refractivity contribution in [3.05, 3.63) is 69.5 Å². The van der Waals surface area contributed by atoms with Gasteiger partial charge in [-0.3, -0.25) is 9.69 Å². The Hall–Kier alpha value is -2.71. The Bertz CT molecular complexity index is 948. The molecule has 3 aromatic rings. The number of rotatable bonds is 6. The number of amides is 1. The van der Waals surface area contributed by atoms with Gasteiger partial charge in [-0.1, -0.05) is 11.2 Å². The van der Waals surface area contributed by atoms with E-state index in [4.69, 9.17) is 9.26 Å². The standard InChI is InChI=1S/C21H22FN3O3S/c1-15-19(14-27-17-6-4-16(22)5-7-17)20(23-28-15)21(26)25-10-8-24(9-11-25)13-18-3-2-12-29-18/h2-7,12H,8-11,13-14H2,1H3. The molecule has 0 atom stereocenters. The van der Waals surface area contributed by atoms with Gasteiger partial charge in [-0.15, -0.1) is 11.3 Å². The maximum absolute atomic E-state index is 13.0. The van der Waals surface area contributed by atoms with Crippen LogP contribution in [0.15, 0.2) is 46.3 Å². The summed E-state index contributed by atoms with van der Waals surface area (Å²) in [6, 6.07) is 9.95. The van der Waals surface area contributed by atoms with Gasteiger partial charge in [-0.2, -0.15) is 0 Å². The van der Waals surface area contributed by atoms with Crippen molar-refractivity contribution in [2.75, 3.05) is 26.2 Å². The highest BCUT2D eigenvalue weighted by atomic mass is 32.1. The van der Waals surface area contributed by atoms with Crippen LogP contribution in [-0.4, -0.2) is 47.0 Å². The first-order valence-corrected chi connectivity index (χ1v) is 10.4. The minimum absolute atomic E-state index is 0.139. The Kier molecular flexibility index (Phi) is 5.92. The summed E-state index contributed by atoms with van der Waals surface area (Å²) in [5.74, 6) is 0.599. The van der Waals surface area contributed by atoms with Crippen LogP contribution < -0.4 is 4.74 Å². The minimum Gasteiger partial charge on any atom is -0.489 e. The van der Waals surface area contributed by atoms with Crippen molar-refractivity contribution in [3.63, 3.8) is 0 Å². The second-order valence-electron chi connectivity index (χ2n) is 6.96. The number of aromatic nitrogens is 1. The Balaban J connectivity index is 1.37. The number of piperazine rings is 1. The van der Waals surface area contributed by atoms with Crippen LogP contribution in [0.2, 0.25) is 0 Å². The zero-order chi connectivity index (χ0) is 20.2. The van der Waals surface area contributed by atoms with E-state index >= 15 is 0 Å². The summed E-state index contributed by atoms with van der Waals surface area (Å²) in [5, 5.41) is 6.06. The summed E-state index contributed by atoms with van der Waals surface area (Å²) in [5.41, 5.74) is 0.914. The Labute approximate surface area is 172 Å². The molecule has 4 rings (SSSR count). The molecule has 0 saturated carbocycles. The highest BCUT2D eigenvalue weighted by molar-refractivity contribution is 7.09. The lowest BCUT2D eigenvalue weighted by molar-refractivity contribution is 0.0617. The van der Waals surface area contributed by atoms with Gasteiger partial charge in [0.15, 0.2) is 5.69 Å². The molecule has 1 aromatic carbocycles. The van der Waals surface area contributed by atoms with Gasteiger partial charge in [0.05, 0.1) is 5.56 Å². The number of benzene rings is 1. The van der Waals surface area contributed by atoms with Crippen molar-refractivity contribution in [2.45, 2.75) is 20.1 Å². The molecule has 152 valence electrons. The molecule has 0 unspecified atom stereocenters. The maximum atomic E-state index is 13.0. The van der Waals surface area contributed by atoms with Crippen LogP contribution in [0.5, 0.6) is 5.75 Å². The van der Waals surface area contributed by atoms with Crippen LogP contribution in [0.4, 0.5) is 4.39 Å². The number of halogens is 1. The molecule has 2 aromatic heterocycles. The first-order chi connectivity index (χ1) is 14.1. The first-order valence-electron chi connectivity index (χ1n) is 9.47. The summed E-state index contributed by atoms with van der Waals surface area (Å²) >= 11 is 1.75. The predicted molar refractivity (Wildman–Crippen MR) is 107 cm³/mol. The van der Waals surface area contributed by atoms with Gasteiger partial charge in [-0.25, -0.2) is 4.39 Å². The molecule has 1 aliphatic rings. The third-order valence-electron chi connectivity index (χ3n) is 5.00. The van der Waals surface area contributed by atoms with Crippen molar-refractivity contribution >= 4 is 17.2 Å². The number of aryl methyl sites for hydroxylation is 1. The number of hydrogen-bond acceptors (Lipinski definition) is 6. The number of thiophene rings is 1. The topological polar surface area (TPSA) is 58.8 Å². The summed E-state index contributed by atoms with van der Waals surface area (Å²) in [7, 11) is 0. The monoisotopic (exact) mass is 415 g/mol. The molecule has 0 N–H and O–H groups in total. The van der Waals surface area contributed by atoms with Crippen LogP contribution in [0.1, 0.15) is 26.7 Å². The first kappa shape index (κ1) is 19.6. The third kappa shape index (κ3) is 4.65. The summed E-state index contributed by atoms with van der Waals surface area (Å²) in [6.07, 6.45) is 0. The highest BCUT2D eigenvalue weighted by Gasteiger charge is 2.28. The van der Waals surface area contributed by atoms with Gasteiger partial charge in [0.1, 0.15) is 23.9 Å². The van der Waals surface area contributed by atoms with Gasteiger partial charge in [0.25, 0.3) is 5.91 Å². The summed E-state index contributed by atoms with van der Waals surface area (Å²) in [4.78, 5) is 18.5. The van der Waals surface area contributed by atoms with Crippen molar-refractivity contribution in [1.82, 2.24) is 15.0 Å². The molecule has 0 aliphatic carbocycles. The summed E-state index contributed by atoms with van der Waals surface area (Å²) < 4.78 is 24.0. The lowest BCUT2D eigenvalue weighted by Gasteiger charge is -2.34. The van der Waals surface area contributed by atoms with E-state index in [-0.39, 0.29) is 24.0 Å². The Morgan fingerprint density at radius 3 is 2.66 bits per heavy atom. The van der Waals surface area contributed by atoms with E-state index in [1.54, 1.807) is 30.4 Å². The average Bonchev–Trinajstić information content (AvgIpc) is 3.37. The minimum atomic E-state index is -0.326. The fourth-order valence-corrected chi connectivity index (χ4v) is 4.04. The van der Waals surface area contributed by atoms with Crippen molar-refractivity contribution in [1.29, 1.82) is 0 Å². The van der Waals surface area contributed by atoms with E-state index in [0.29, 0.717) is 30.2 Å². The second-order valence-corrected chi connectivity index (χ2v) is 7.99. The molecule has 1 aliphatic heterocycles. The highest BCUT2D eigenvalue weighted by Crippen LogP contribution is 2.21. The molecular weight excluding hydrogens is 393 g/mol. The molecule has 1 saturated heterocycles. The SMILES string of the molecule is Cc1onc(C(=O)N2CCN(Cc3cccs3)CC2)c1COc1ccc(F)cc1. The molecule has 1 amide bonds. The zero-order valence-electron chi connectivity index (χ0n) is 16.1. The molecule has 3 heterocycles. The van der Waals surface area contributed by atoms with Crippen LogP contribution in [-0.2, 0) is 13.2 Å². The molecule has 29 heavy (non-hydrogen) atoms. The fourth-order valence-electron chi connectivity index (χ4n) is 3.30. The zero-order valence-corrected chi connectivity index (χ0v) is 17.0. The molecular formula is C21H22FN3O3S. The van der Waals surface area contributed by atoms with Crippen LogP contribution in [0.25, 0.3) is 0 Å². The smallest absolute Gasteiger partial charge is 0.276 e. The van der Waals surface area contributed by atoms with Gasteiger partial charge < -0.3 is 14.2 Å². The van der Waals surface area contributed by atoms with Crippen molar-refractivity contribution < 1.29 is 18.4 Å². The number of nitrogens with zero attached hydrogens (tertiary/aromatic N) is 3. The largest absolute Gasteiger partial charge is 0.489 e. The van der Waals surface area contributed by atoms with Crippen molar-refractivity contribution in [2.24, 2.45) is 0 Å². The fraction of sp³-hybridized carbons (Fsp3) is 0.333. The lowest BCUT2D eigenvalue weighted by Crippen LogP contribution is -2.48. The molecule has 8 heteroatoms. The van der Waals surface area contributed by atoms with Gasteiger partial charge in [0.2, 0.25) is 0 Å². The van der Waals surface area contributed by atoms with E-state index in [9.17, 15) is 9.18 Å². The predicted octanol–water partition coefficient (Wildman–Crippen LogP) is 3.72. The second kappa shape index (κ2) is 8.75. The van der Waals surface area contributed by atoms with E-state index in [1.165, 1.54) is 17.0 Å². The number of carbonyl (C=O) groups excluding carboxylic acids is 1. The van der Waals surface area contributed by atoms with Crippen molar-refractivity contribution in [3.8, 4) is 5.75 Å². The van der Waals surface area contributed by atoms with Gasteiger partial charge >= 0.3 is 0 Å². The number of carbonyl (C=O) groups is 1. The molecule has 1 fully saturated rings. The molecule has 0 bridgehead atoms. The quantitative estimate of drug-likeness (QED) is 0.614. The number of ether oxygens (including phenoxy) is 1. The Morgan fingerprint density at radius 2 is 1.97 bits per heavy atom. The third-order valence-corrected chi connectivity index (χ3v) is 5.86. The average molecular weight is 415 g/mol. The van der Waals surface area contributed by atoms with Gasteiger partial charge in [-0.05, 0) is 42.6 Å². The van der Waals surface area contributed by atoms with Gasteiger partial charge in [0, 0.05) is 37.6 Å². The van der Waals surface area contributed by atoms with Crippen LogP contribution in [0.3, 0.4) is 0 Å². The lowest BCUT2D eigenvalue weighted by atomic mass is 10.1. The van der Waals surface area contributed by atoms with E-state index in [2.05, 4.69) is 27.6 Å². The summed E-state index contributed by atoms with van der Waals surface area (Å²) in [6.45, 7) is 5.75. The maximum Gasteiger partial charge on any atom is 0.276 e. The van der Waals surface area contributed by atoms with E-state index < -0.39 is 0 Å². The molecule has 0 spiro atoms.